The highest BCUT2D eigenvalue weighted by Gasteiger charge is 2.17. The minimum absolute atomic E-state index is 0.468. The Kier molecular flexibility index (Phi) is 6.25. The molecule has 102 valence electrons. The van der Waals surface area contributed by atoms with Gasteiger partial charge in [0.05, 0.1) is 0 Å². The lowest BCUT2D eigenvalue weighted by atomic mass is 10.1. The van der Waals surface area contributed by atoms with Crippen molar-refractivity contribution < 1.29 is 0 Å². The number of anilines is 2. The van der Waals surface area contributed by atoms with Crippen LogP contribution in [-0.4, -0.2) is 42.1 Å². The third-order valence-electron chi connectivity index (χ3n) is 3.06. The molecular formula is C13H24N4S. The average Bonchev–Trinajstić information content (AvgIpc) is 2.38. The summed E-state index contributed by atoms with van der Waals surface area (Å²) in [6.45, 7) is 4.41. The maximum atomic E-state index is 4.47. The van der Waals surface area contributed by atoms with Gasteiger partial charge in [-0.3, -0.25) is 0 Å². The molecule has 0 fully saturated rings. The third-order valence-corrected chi connectivity index (χ3v) is 3.88. The lowest BCUT2D eigenvalue weighted by molar-refractivity contribution is 0.740. The van der Waals surface area contributed by atoms with Crippen molar-refractivity contribution in [1.82, 2.24) is 9.97 Å². The van der Waals surface area contributed by atoms with Gasteiger partial charge < -0.3 is 10.2 Å². The molecule has 0 radical (unpaired) electrons. The van der Waals surface area contributed by atoms with Crippen LogP contribution in [0.4, 0.5) is 11.6 Å². The quantitative estimate of drug-likeness (QED) is 0.823. The number of aromatic nitrogens is 2. The van der Waals surface area contributed by atoms with Gasteiger partial charge in [0, 0.05) is 31.5 Å². The highest BCUT2D eigenvalue weighted by molar-refractivity contribution is 7.98. The molecule has 5 heteroatoms. The van der Waals surface area contributed by atoms with Crippen LogP contribution in [0.25, 0.3) is 0 Å². The zero-order chi connectivity index (χ0) is 13.5. The molecule has 0 amide bonds. The SMILES string of the molecule is CCCc1c(NC)ncnc1N(C)C(C)CSC. The van der Waals surface area contributed by atoms with Crippen molar-refractivity contribution in [2.24, 2.45) is 0 Å². The Balaban J connectivity index is 3.06. The van der Waals surface area contributed by atoms with Crippen molar-refractivity contribution in [3.05, 3.63) is 11.9 Å². The van der Waals surface area contributed by atoms with Gasteiger partial charge in [0.15, 0.2) is 0 Å². The van der Waals surface area contributed by atoms with E-state index in [1.54, 1.807) is 6.33 Å². The molecule has 1 heterocycles. The Morgan fingerprint density at radius 1 is 1.44 bits per heavy atom. The van der Waals surface area contributed by atoms with E-state index in [1.165, 1.54) is 5.56 Å². The van der Waals surface area contributed by atoms with Crippen molar-refractivity contribution >= 4 is 23.4 Å². The Labute approximate surface area is 115 Å². The predicted molar refractivity (Wildman–Crippen MR) is 81.8 cm³/mol. The van der Waals surface area contributed by atoms with Crippen LogP contribution in [0.15, 0.2) is 6.33 Å². The Bertz CT molecular complexity index is 370. The standard InChI is InChI=1S/C13H24N4S/c1-6-7-11-12(14-3)15-9-16-13(11)17(4)10(2)8-18-5/h9-10H,6-8H2,1-5H3,(H,14,15,16). The summed E-state index contributed by atoms with van der Waals surface area (Å²) >= 11 is 1.86. The van der Waals surface area contributed by atoms with Crippen LogP contribution in [-0.2, 0) is 6.42 Å². The fourth-order valence-electron chi connectivity index (χ4n) is 1.96. The maximum Gasteiger partial charge on any atom is 0.137 e. The molecule has 1 atom stereocenters. The Morgan fingerprint density at radius 3 is 2.72 bits per heavy atom. The van der Waals surface area contributed by atoms with E-state index in [4.69, 9.17) is 0 Å². The summed E-state index contributed by atoms with van der Waals surface area (Å²) in [5.41, 5.74) is 1.22. The highest BCUT2D eigenvalue weighted by Crippen LogP contribution is 2.25. The summed E-state index contributed by atoms with van der Waals surface area (Å²) in [6.07, 6.45) is 5.88. The molecule has 4 nitrogen and oxygen atoms in total. The molecule has 0 aliphatic heterocycles. The molecule has 1 unspecified atom stereocenters. The van der Waals surface area contributed by atoms with Crippen LogP contribution in [0.1, 0.15) is 25.8 Å². The van der Waals surface area contributed by atoms with E-state index in [0.29, 0.717) is 6.04 Å². The zero-order valence-corrected chi connectivity index (χ0v) is 12.8. The van der Waals surface area contributed by atoms with E-state index in [1.807, 2.05) is 18.8 Å². The summed E-state index contributed by atoms with van der Waals surface area (Å²) in [4.78, 5) is 11.0. The summed E-state index contributed by atoms with van der Waals surface area (Å²) in [7, 11) is 4.03. The second-order valence-electron chi connectivity index (χ2n) is 4.44. The van der Waals surface area contributed by atoms with Gasteiger partial charge in [0.1, 0.15) is 18.0 Å². The number of nitrogens with zero attached hydrogens (tertiary/aromatic N) is 3. The monoisotopic (exact) mass is 268 g/mol. The van der Waals surface area contributed by atoms with E-state index < -0.39 is 0 Å². The second kappa shape index (κ2) is 7.46. The molecule has 0 saturated heterocycles. The molecule has 0 bridgehead atoms. The van der Waals surface area contributed by atoms with Gasteiger partial charge in [-0.2, -0.15) is 11.8 Å². The van der Waals surface area contributed by atoms with Gasteiger partial charge in [-0.25, -0.2) is 9.97 Å². The molecule has 0 aromatic carbocycles. The topological polar surface area (TPSA) is 41.1 Å². The molecule has 1 N–H and O–H groups in total. The van der Waals surface area contributed by atoms with Crippen molar-refractivity contribution in [3.63, 3.8) is 0 Å². The van der Waals surface area contributed by atoms with Crippen LogP contribution in [0.3, 0.4) is 0 Å². The predicted octanol–water partition coefficient (Wildman–Crippen LogP) is 2.66. The number of thioether (sulfide) groups is 1. The van der Waals surface area contributed by atoms with E-state index in [0.717, 1.165) is 30.2 Å². The van der Waals surface area contributed by atoms with Crippen LogP contribution in [0, 0.1) is 0 Å². The van der Waals surface area contributed by atoms with Gasteiger partial charge in [0.2, 0.25) is 0 Å². The molecule has 0 aliphatic carbocycles. The first-order chi connectivity index (χ1) is 8.65. The average molecular weight is 268 g/mol. The number of rotatable bonds is 7. The van der Waals surface area contributed by atoms with Crippen molar-refractivity contribution in [2.75, 3.05) is 36.3 Å². The van der Waals surface area contributed by atoms with Crippen LogP contribution >= 0.6 is 11.8 Å². The first kappa shape index (κ1) is 15.1. The van der Waals surface area contributed by atoms with Gasteiger partial charge in [-0.1, -0.05) is 13.3 Å². The molecular weight excluding hydrogens is 244 g/mol. The van der Waals surface area contributed by atoms with Gasteiger partial charge in [-0.15, -0.1) is 0 Å². The Hall–Kier alpha value is -0.970. The van der Waals surface area contributed by atoms with Crippen molar-refractivity contribution in [2.45, 2.75) is 32.7 Å². The van der Waals surface area contributed by atoms with Crippen LogP contribution in [0.2, 0.25) is 0 Å². The lowest BCUT2D eigenvalue weighted by Gasteiger charge is -2.28. The van der Waals surface area contributed by atoms with E-state index >= 15 is 0 Å². The maximum absolute atomic E-state index is 4.47. The first-order valence-corrected chi connectivity index (χ1v) is 7.78. The van der Waals surface area contributed by atoms with E-state index in [2.05, 4.69) is 47.3 Å². The summed E-state index contributed by atoms with van der Waals surface area (Å²) in [6, 6.07) is 0.468. The Morgan fingerprint density at radius 2 is 2.17 bits per heavy atom. The number of hydrogen-bond acceptors (Lipinski definition) is 5. The summed E-state index contributed by atoms with van der Waals surface area (Å²) in [5, 5.41) is 3.16. The molecule has 0 spiro atoms. The normalized spacial score (nSPS) is 12.3. The van der Waals surface area contributed by atoms with Crippen LogP contribution < -0.4 is 10.2 Å². The minimum atomic E-state index is 0.468. The largest absolute Gasteiger partial charge is 0.373 e. The third kappa shape index (κ3) is 3.51. The molecule has 0 aliphatic rings. The van der Waals surface area contributed by atoms with Crippen molar-refractivity contribution in [1.29, 1.82) is 0 Å². The van der Waals surface area contributed by atoms with Gasteiger partial charge in [-0.05, 0) is 19.6 Å². The van der Waals surface area contributed by atoms with E-state index in [9.17, 15) is 0 Å². The molecule has 0 saturated carbocycles. The van der Waals surface area contributed by atoms with Crippen LogP contribution in [0.5, 0.6) is 0 Å². The molecule has 1 aromatic rings. The molecule has 1 aromatic heterocycles. The van der Waals surface area contributed by atoms with E-state index in [-0.39, 0.29) is 0 Å². The lowest BCUT2D eigenvalue weighted by Crippen LogP contribution is -2.32. The number of hydrogen-bond donors (Lipinski definition) is 1. The summed E-state index contributed by atoms with van der Waals surface area (Å²) in [5.74, 6) is 3.10. The second-order valence-corrected chi connectivity index (χ2v) is 5.35. The minimum Gasteiger partial charge on any atom is -0.373 e. The van der Waals surface area contributed by atoms with Gasteiger partial charge in [0.25, 0.3) is 0 Å². The number of nitrogens with one attached hydrogen (secondary N) is 1. The first-order valence-electron chi connectivity index (χ1n) is 6.39. The summed E-state index contributed by atoms with van der Waals surface area (Å²) < 4.78 is 0. The smallest absolute Gasteiger partial charge is 0.137 e. The highest BCUT2D eigenvalue weighted by atomic mass is 32.2. The van der Waals surface area contributed by atoms with Gasteiger partial charge >= 0.3 is 0 Å². The molecule has 18 heavy (non-hydrogen) atoms. The van der Waals surface area contributed by atoms with Crippen molar-refractivity contribution in [3.8, 4) is 0 Å². The zero-order valence-electron chi connectivity index (χ0n) is 12.0. The molecule has 1 rings (SSSR count). The fourth-order valence-corrected chi connectivity index (χ4v) is 2.67. The fraction of sp³-hybridized carbons (Fsp3) is 0.692.